The Kier molecular flexibility index (Phi) is 5.09. The highest BCUT2D eigenvalue weighted by Crippen LogP contribution is 2.67. The molecule has 0 spiro atoms. The van der Waals surface area contributed by atoms with Crippen molar-refractivity contribution in [2.24, 2.45) is 29.6 Å². The maximum absolute atomic E-state index is 7.32. The first-order chi connectivity index (χ1) is 16.3. The molecule has 8 rings (SSSR count). The van der Waals surface area contributed by atoms with Gasteiger partial charge in [0.15, 0.2) is 11.3 Å². The molecule has 0 aromatic heterocycles. The lowest BCUT2D eigenvalue weighted by molar-refractivity contribution is -0.844. The first-order valence-corrected chi connectivity index (χ1v) is 16.2. The topological polar surface area (TPSA) is 32.1 Å². The van der Waals surface area contributed by atoms with E-state index in [9.17, 15) is 0 Å². The van der Waals surface area contributed by atoms with Gasteiger partial charge in [0.2, 0.25) is 0 Å². The van der Waals surface area contributed by atoms with Crippen LogP contribution < -0.4 is 4.67 Å². The highest BCUT2D eigenvalue weighted by Gasteiger charge is 2.65. The number of ether oxygens (including phenoxy) is 2. The number of rotatable bonds is 1. The largest absolute Gasteiger partial charge is 0.484 e. The Bertz CT molecular complexity index is 866. The second-order valence-electron chi connectivity index (χ2n) is 12.0. The lowest BCUT2D eigenvalue weighted by Crippen LogP contribution is -3.13. The van der Waals surface area contributed by atoms with Gasteiger partial charge in [-0.1, -0.05) is 30.7 Å². The van der Waals surface area contributed by atoms with Crippen LogP contribution >= 0.6 is 20.1 Å². The van der Waals surface area contributed by atoms with Crippen LogP contribution in [0.4, 0.5) is 0 Å². The van der Waals surface area contributed by atoms with Gasteiger partial charge in [-0.15, -0.1) is 6.58 Å². The van der Waals surface area contributed by atoms with Crippen molar-refractivity contribution >= 4 is 20.1 Å². The number of piperidine rings is 1. The SMILES string of the molecule is C=CC1C2CCC3SC4=C(C31)C1C(CCC3C5CCCCC5OP(C31)[NH+]1CCCCC1O2)O4. The summed E-state index contributed by atoms with van der Waals surface area (Å²) in [5.41, 5.74) is 2.39. The number of thioether (sulfide) groups is 1. The number of nitrogens with one attached hydrogen (secondary N) is 1. The van der Waals surface area contributed by atoms with E-state index < -0.39 is 8.30 Å². The molecule has 2 bridgehead atoms. The smallest absolute Gasteiger partial charge is 0.257 e. The second kappa shape index (κ2) is 7.97. The third-order valence-electron chi connectivity index (χ3n) is 10.7. The molecule has 180 valence electrons. The summed E-state index contributed by atoms with van der Waals surface area (Å²) in [5, 5.41) is 2.01. The molecule has 5 aliphatic heterocycles. The van der Waals surface area contributed by atoms with Crippen molar-refractivity contribution in [1.29, 1.82) is 0 Å². The summed E-state index contributed by atoms with van der Waals surface area (Å²) < 4.78 is 23.0. The minimum atomic E-state index is -0.562. The van der Waals surface area contributed by atoms with E-state index in [1.807, 2.05) is 0 Å². The zero-order chi connectivity index (χ0) is 21.7. The quantitative estimate of drug-likeness (QED) is 0.415. The molecular formula is C27H39NO3PS+. The standard InChI is InChI=1S/C27H38NO3PS/c1-2-15-18-12-13-21-23(15)25-24-20(30-27(25)33-21)11-10-17-16-7-3-4-8-19(16)31-32(26(17)24)28-14-6-5-9-22(28)29-18/h2,15-24,26H,1,3-14H2/p+1. The van der Waals surface area contributed by atoms with Crippen LogP contribution in [0.3, 0.4) is 0 Å². The Hall–Kier alpha value is -0.0600. The van der Waals surface area contributed by atoms with E-state index in [0.717, 1.165) is 11.8 Å². The molecule has 0 aromatic carbocycles. The Balaban J connectivity index is 1.28. The molecule has 5 heterocycles. The maximum atomic E-state index is 7.32. The summed E-state index contributed by atoms with van der Waals surface area (Å²) in [7, 11) is -0.562. The maximum Gasteiger partial charge on any atom is 0.257 e. The van der Waals surface area contributed by atoms with E-state index in [4.69, 9.17) is 14.0 Å². The number of fused-ring (bicyclic) bond motifs is 5. The summed E-state index contributed by atoms with van der Waals surface area (Å²) in [5.74, 6) is 3.27. The van der Waals surface area contributed by atoms with Crippen LogP contribution in [-0.4, -0.2) is 42.0 Å². The molecule has 0 amide bonds. The molecule has 8 aliphatic rings. The van der Waals surface area contributed by atoms with Crippen molar-refractivity contribution < 1.29 is 18.7 Å². The van der Waals surface area contributed by atoms with Gasteiger partial charge in [0.05, 0.1) is 24.4 Å². The molecule has 1 N–H and O–H groups in total. The van der Waals surface area contributed by atoms with Gasteiger partial charge in [0, 0.05) is 29.4 Å². The van der Waals surface area contributed by atoms with E-state index in [1.165, 1.54) is 82.3 Å². The number of quaternary nitrogens is 1. The molecular weight excluding hydrogens is 449 g/mol. The van der Waals surface area contributed by atoms with Crippen LogP contribution in [0.25, 0.3) is 0 Å². The fourth-order valence-electron chi connectivity index (χ4n) is 9.40. The van der Waals surface area contributed by atoms with E-state index in [-0.39, 0.29) is 0 Å². The van der Waals surface area contributed by atoms with Crippen LogP contribution in [0.15, 0.2) is 23.3 Å². The van der Waals surface area contributed by atoms with Gasteiger partial charge in [-0.05, 0) is 68.8 Å². The minimum absolute atomic E-state index is 0.325. The molecule has 33 heavy (non-hydrogen) atoms. The predicted octanol–water partition coefficient (Wildman–Crippen LogP) is 5.01. The summed E-state index contributed by atoms with van der Waals surface area (Å²) in [6.45, 7) is 5.61. The summed E-state index contributed by atoms with van der Waals surface area (Å²) in [4.78, 5) is 0. The van der Waals surface area contributed by atoms with Crippen LogP contribution in [0.5, 0.6) is 0 Å². The van der Waals surface area contributed by atoms with Crippen LogP contribution in [0, 0.1) is 29.6 Å². The van der Waals surface area contributed by atoms with Gasteiger partial charge in [-0.25, -0.2) is 0 Å². The van der Waals surface area contributed by atoms with E-state index in [0.29, 0.717) is 53.2 Å². The van der Waals surface area contributed by atoms with Crippen molar-refractivity contribution in [1.82, 2.24) is 0 Å². The lowest BCUT2D eigenvalue weighted by atomic mass is 9.63. The van der Waals surface area contributed by atoms with E-state index >= 15 is 0 Å². The molecule has 0 aromatic rings. The number of hydrogen-bond acceptors (Lipinski definition) is 4. The van der Waals surface area contributed by atoms with Crippen molar-refractivity contribution in [2.45, 2.75) is 106 Å². The zero-order valence-corrected chi connectivity index (χ0v) is 21.4. The van der Waals surface area contributed by atoms with Gasteiger partial charge in [0.1, 0.15) is 6.10 Å². The molecule has 13 unspecified atom stereocenters. The van der Waals surface area contributed by atoms with Gasteiger partial charge in [-0.3, -0.25) is 4.67 Å². The van der Waals surface area contributed by atoms with Crippen molar-refractivity contribution in [2.75, 3.05) is 6.54 Å². The zero-order valence-electron chi connectivity index (χ0n) is 19.7. The molecule has 3 saturated carbocycles. The van der Waals surface area contributed by atoms with E-state index in [2.05, 4.69) is 24.4 Å². The number of hydrogen-bond donors (Lipinski definition) is 1. The van der Waals surface area contributed by atoms with Crippen molar-refractivity contribution in [3.05, 3.63) is 23.3 Å². The molecule has 6 fully saturated rings. The predicted molar refractivity (Wildman–Crippen MR) is 132 cm³/mol. The van der Waals surface area contributed by atoms with E-state index in [1.54, 1.807) is 10.2 Å². The van der Waals surface area contributed by atoms with Gasteiger partial charge in [-0.2, -0.15) is 0 Å². The molecule has 6 heteroatoms. The summed E-state index contributed by atoms with van der Waals surface area (Å²) in [6.07, 6.45) is 18.3. The molecule has 4 nitrogen and oxygen atoms in total. The van der Waals surface area contributed by atoms with Crippen LogP contribution in [0.1, 0.15) is 70.6 Å². The molecule has 0 radical (unpaired) electrons. The Morgan fingerprint density at radius 3 is 2.70 bits per heavy atom. The van der Waals surface area contributed by atoms with Crippen molar-refractivity contribution in [3.8, 4) is 0 Å². The van der Waals surface area contributed by atoms with Gasteiger partial charge < -0.3 is 14.0 Å². The summed E-state index contributed by atoms with van der Waals surface area (Å²) >= 11 is 2.09. The highest BCUT2D eigenvalue weighted by atomic mass is 32.2. The van der Waals surface area contributed by atoms with Gasteiger partial charge in [0.25, 0.3) is 8.30 Å². The lowest BCUT2D eigenvalue weighted by Gasteiger charge is -2.56. The fourth-order valence-corrected chi connectivity index (χ4v) is 14.4. The third-order valence-corrected chi connectivity index (χ3v) is 14.9. The minimum Gasteiger partial charge on any atom is -0.484 e. The van der Waals surface area contributed by atoms with Crippen LogP contribution in [0.2, 0.25) is 0 Å². The fraction of sp³-hybridized carbons (Fsp3) is 0.852. The normalized spacial score (nSPS) is 56.4. The molecule has 13 atom stereocenters. The molecule has 3 aliphatic carbocycles. The van der Waals surface area contributed by atoms with Gasteiger partial charge >= 0.3 is 0 Å². The van der Waals surface area contributed by atoms with Crippen molar-refractivity contribution in [3.63, 3.8) is 0 Å². The third kappa shape index (κ3) is 2.98. The Labute approximate surface area is 204 Å². The monoisotopic (exact) mass is 488 g/mol. The van der Waals surface area contributed by atoms with Crippen LogP contribution in [-0.2, 0) is 14.0 Å². The molecule has 3 saturated heterocycles. The average Bonchev–Trinajstić information content (AvgIpc) is 3.39. The first kappa shape index (κ1) is 21.1. The second-order valence-corrected chi connectivity index (χ2v) is 15.3. The highest BCUT2D eigenvalue weighted by molar-refractivity contribution is 8.03. The Morgan fingerprint density at radius 1 is 0.879 bits per heavy atom. The Morgan fingerprint density at radius 2 is 1.76 bits per heavy atom. The summed E-state index contributed by atoms with van der Waals surface area (Å²) in [6, 6.07) is 0. The first-order valence-electron chi connectivity index (χ1n) is 14.0. The average molecular weight is 489 g/mol.